The van der Waals surface area contributed by atoms with Crippen LogP contribution in [0.1, 0.15) is 11.1 Å². The van der Waals surface area contributed by atoms with Gasteiger partial charge in [-0.05, 0) is 43.3 Å². The SMILES string of the molecule is CNc1nc(N)nc2nc(-c3c(Oc4ccc(C)cc4)cccc3C(F)(F)F)ccc12. The average Bonchev–Trinajstić information content (AvgIpc) is 2.73. The summed E-state index contributed by atoms with van der Waals surface area (Å²) in [4.78, 5) is 12.5. The fraction of sp³-hybridized carbons (Fsp3) is 0.136. The molecule has 4 rings (SSSR count). The van der Waals surface area contributed by atoms with Gasteiger partial charge in [-0.25, -0.2) is 4.98 Å². The van der Waals surface area contributed by atoms with Gasteiger partial charge >= 0.3 is 6.18 Å². The Morgan fingerprint density at radius 1 is 0.935 bits per heavy atom. The Bertz CT molecular complexity index is 1260. The molecule has 3 N–H and O–H groups in total. The number of nitrogens with two attached hydrogens (primary N) is 1. The first-order chi connectivity index (χ1) is 14.8. The smallest absolute Gasteiger partial charge is 0.417 e. The lowest BCUT2D eigenvalue weighted by Gasteiger charge is -2.17. The van der Waals surface area contributed by atoms with Crippen LogP contribution in [0.25, 0.3) is 22.3 Å². The molecule has 0 spiro atoms. The molecule has 158 valence electrons. The van der Waals surface area contributed by atoms with Crippen LogP contribution in [-0.4, -0.2) is 22.0 Å². The number of pyridine rings is 1. The Balaban J connectivity index is 1.92. The molecule has 0 amide bonds. The second-order valence-corrected chi connectivity index (χ2v) is 6.84. The summed E-state index contributed by atoms with van der Waals surface area (Å²) in [6, 6.07) is 13.9. The standard InChI is InChI=1S/C22H18F3N5O/c1-12-6-8-13(9-7-12)31-17-5-3-4-15(22(23,24)25)18(17)16-11-10-14-19(27-2)29-21(26)30-20(14)28-16/h3-11H,1-2H3,(H3,26,27,28,29,30). The van der Waals surface area contributed by atoms with Crippen LogP contribution in [-0.2, 0) is 6.18 Å². The molecule has 0 saturated heterocycles. The number of nitrogens with one attached hydrogen (secondary N) is 1. The zero-order chi connectivity index (χ0) is 22.2. The van der Waals surface area contributed by atoms with Gasteiger partial charge in [0.05, 0.1) is 22.2 Å². The number of aryl methyl sites for hydroxylation is 1. The minimum absolute atomic E-state index is 0.0291. The third-order valence-corrected chi connectivity index (χ3v) is 4.65. The van der Waals surface area contributed by atoms with E-state index in [2.05, 4.69) is 20.3 Å². The van der Waals surface area contributed by atoms with Crippen LogP contribution in [0, 0.1) is 6.92 Å². The number of halogens is 3. The normalized spacial score (nSPS) is 11.5. The maximum absolute atomic E-state index is 13.9. The van der Waals surface area contributed by atoms with E-state index in [-0.39, 0.29) is 28.6 Å². The van der Waals surface area contributed by atoms with Gasteiger partial charge in [0.15, 0.2) is 5.65 Å². The number of anilines is 2. The number of nitrogens with zero attached hydrogens (tertiary/aromatic N) is 3. The summed E-state index contributed by atoms with van der Waals surface area (Å²) in [5, 5.41) is 3.41. The molecule has 4 aromatic rings. The first-order valence-electron chi connectivity index (χ1n) is 9.33. The maximum Gasteiger partial charge on any atom is 0.417 e. The largest absolute Gasteiger partial charge is 0.457 e. The molecule has 0 aliphatic rings. The van der Waals surface area contributed by atoms with Crippen LogP contribution in [0.3, 0.4) is 0 Å². The van der Waals surface area contributed by atoms with Crippen molar-refractivity contribution < 1.29 is 17.9 Å². The first-order valence-corrected chi connectivity index (χ1v) is 9.33. The third-order valence-electron chi connectivity index (χ3n) is 4.65. The number of rotatable bonds is 4. The van der Waals surface area contributed by atoms with Gasteiger partial charge in [0.2, 0.25) is 5.95 Å². The molecule has 0 aliphatic carbocycles. The number of benzene rings is 2. The predicted molar refractivity (Wildman–Crippen MR) is 113 cm³/mol. The summed E-state index contributed by atoms with van der Waals surface area (Å²) in [6.45, 7) is 1.91. The van der Waals surface area contributed by atoms with Crippen molar-refractivity contribution in [2.24, 2.45) is 0 Å². The van der Waals surface area contributed by atoms with Crippen LogP contribution < -0.4 is 15.8 Å². The van der Waals surface area contributed by atoms with E-state index in [4.69, 9.17) is 10.5 Å². The van der Waals surface area contributed by atoms with Crippen molar-refractivity contribution in [2.75, 3.05) is 18.1 Å². The summed E-state index contributed by atoms with van der Waals surface area (Å²) in [5.74, 6) is 0.834. The molecule has 2 heterocycles. The second kappa shape index (κ2) is 7.75. The highest BCUT2D eigenvalue weighted by molar-refractivity contribution is 5.89. The molecule has 0 bridgehead atoms. The molecule has 2 aromatic heterocycles. The van der Waals surface area contributed by atoms with Crippen molar-refractivity contribution in [2.45, 2.75) is 13.1 Å². The minimum atomic E-state index is -4.61. The maximum atomic E-state index is 13.9. The topological polar surface area (TPSA) is 86.0 Å². The molecule has 2 aromatic carbocycles. The Kier molecular flexibility index (Phi) is 5.10. The molecule has 0 radical (unpaired) electrons. The van der Waals surface area contributed by atoms with Gasteiger partial charge in [0.25, 0.3) is 0 Å². The van der Waals surface area contributed by atoms with Crippen molar-refractivity contribution in [3.8, 4) is 22.8 Å². The van der Waals surface area contributed by atoms with Crippen molar-refractivity contribution in [1.29, 1.82) is 0 Å². The van der Waals surface area contributed by atoms with Crippen LogP contribution in [0.4, 0.5) is 24.9 Å². The van der Waals surface area contributed by atoms with Crippen LogP contribution in [0.2, 0.25) is 0 Å². The Morgan fingerprint density at radius 3 is 2.35 bits per heavy atom. The fourth-order valence-corrected chi connectivity index (χ4v) is 3.21. The zero-order valence-electron chi connectivity index (χ0n) is 16.7. The summed E-state index contributed by atoms with van der Waals surface area (Å²) >= 11 is 0. The number of alkyl halides is 3. The van der Waals surface area contributed by atoms with E-state index in [1.807, 2.05) is 19.1 Å². The predicted octanol–water partition coefficient (Wildman–Crippen LogP) is 5.44. The van der Waals surface area contributed by atoms with E-state index in [0.717, 1.165) is 11.6 Å². The van der Waals surface area contributed by atoms with Gasteiger partial charge in [-0.2, -0.15) is 23.1 Å². The van der Waals surface area contributed by atoms with Gasteiger partial charge in [0.1, 0.15) is 17.3 Å². The second-order valence-electron chi connectivity index (χ2n) is 6.84. The molecule has 0 atom stereocenters. The highest BCUT2D eigenvalue weighted by Crippen LogP contribution is 2.43. The number of fused-ring (bicyclic) bond motifs is 1. The van der Waals surface area contributed by atoms with Crippen LogP contribution in [0.5, 0.6) is 11.5 Å². The van der Waals surface area contributed by atoms with Crippen molar-refractivity contribution in [1.82, 2.24) is 15.0 Å². The molecule has 0 unspecified atom stereocenters. The molecule has 9 heteroatoms. The van der Waals surface area contributed by atoms with E-state index in [1.54, 1.807) is 25.2 Å². The molecular weight excluding hydrogens is 407 g/mol. The van der Waals surface area contributed by atoms with Crippen molar-refractivity contribution >= 4 is 22.8 Å². The summed E-state index contributed by atoms with van der Waals surface area (Å²) in [7, 11) is 1.65. The lowest BCUT2D eigenvalue weighted by molar-refractivity contribution is -0.137. The molecular formula is C22H18F3N5O. The highest BCUT2D eigenvalue weighted by atomic mass is 19.4. The van der Waals surface area contributed by atoms with Crippen LogP contribution >= 0.6 is 0 Å². The van der Waals surface area contributed by atoms with Gasteiger partial charge in [0, 0.05) is 7.05 Å². The van der Waals surface area contributed by atoms with E-state index in [9.17, 15) is 13.2 Å². The summed E-state index contributed by atoms with van der Waals surface area (Å²) in [5.41, 5.74) is 5.92. The Morgan fingerprint density at radius 2 is 1.68 bits per heavy atom. The van der Waals surface area contributed by atoms with E-state index in [1.165, 1.54) is 18.2 Å². The minimum Gasteiger partial charge on any atom is -0.457 e. The van der Waals surface area contributed by atoms with E-state index < -0.39 is 11.7 Å². The molecule has 0 saturated carbocycles. The number of aromatic nitrogens is 3. The van der Waals surface area contributed by atoms with E-state index in [0.29, 0.717) is 17.0 Å². The average molecular weight is 425 g/mol. The quantitative estimate of drug-likeness (QED) is 0.453. The zero-order valence-corrected chi connectivity index (χ0v) is 16.7. The van der Waals surface area contributed by atoms with Crippen molar-refractivity contribution in [3.63, 3.8) is 0 Å². The monoisotopic (exact) mass is 425 g/mol. The number of nitrogen functional groups attached to an aromatic ring is 1. The number of hydrogen-bond donors (Lipinski definition) is 2. The highest BCUT2D eigenvalue weighted by Gasteiger charge is 2.35. The molecule has 0 aliphatic heterocycles. The number of ether oxygens (including phenoxy) is 1. The van der Waals surface area contributed by atoms with Gasteiger partial charge in [-0.1, -0.05) is 23.8 Å². The molecule has 6 nitrogen and oxygen atoms in total. The lowest BCUT2D eigenvalue weighted by Crippen LogP contribution is -2.09. The third kappa shape index (κ3) is 4.07. The summed E-state index contributed by atoms with van der Waals surface area (Å²) in [6.07, 6.45) is -4.61. The Labute approximate surface area is 175 Å². The van der Waals surface area contributed by atoms with Gasteiger partial charge in [-0.3, -0.25) is 0 Å². The fourth-order valence-electron chi connectivity index (χ4n) is 3.21. The number of hydrogen-bond acceptors (Lipinski definition) is 6. The summed E-state index contributed by atoms with van der Waals surface area (Å²) < 4.78 is 47.4. The van der Waals surface area contributed by atoms with Crippen LogP contribution in [0.15, 0.2) is 54.6 Å². The molecule has 31 heavy (non-hydrogen) atoms. The van der Waals surface area contributed by atoms with Gasteiger partial charge < -0.3 is 15.8 Å². The van der Waals surface area contributed by atoms with Gasteiger partial charge in [-0.15, -0.1) is 0 Å². The first kappa shape index (κ1) is 20.4. The molecule has 0 fully saturated rings. The lowest BCUT2D eigenvalue weighted by atomic mass is 10.0. The van der Waals surface area contributed by atoms with E-state index >= 15 is 0 Å². The van der Waals surface area contributed by atoms with Crippen molar-refractivity contribution in [3.05, 3.63) is 65.7 Å². The Hall–Kier alpha value is -3.88.